The molecule has 3 aliphatic heterocycles. The van der Waals surface area contributed by atoms with Crippen LogP contribution in [0, 0.1) is 11.8 Å². The summed E-state index contributed by atoms with van der Waals surface area (Å²) in [7, 11) is 3.02. The number of methoxy groups -OCH3 is 2. The molecule has 1 N–H and O–H groups in total. The van der Waals surface area contributed by atoms with Gasteiger partial charge < -0.3 is 19.5 Å². The molecular weight excluding hydrogens is 424 g/mol. The molecule has 0 aromatic heterocycles. The number of ether oxygens (including phenoxy) is 3. The van der Waals surface area contributed by atoms with Crippen molar-refractivity contribution >= 4 is 17.7 Å². The first-order valence-corrected chi connectivity index (χ1v) is 10.7. The highest BCUT2D eigenvalue weighted by Crippen LogP contribution is 2.51. The number of likely N-dealkylation sites (tertiary alicyclic amines) is 1. The number of imide groups is 1. The summed E-state index contributed by atoms with van der Waals surface area (Å²) in [6, 6.07) is 14.3. The van der Waals surface area contributed by atoms with E-state index in [0.29, 0.717) is 17.1 Å². The predicted molar refractivity (Wildman–Crippen MR) is 118 cm³/mol. The number of carbonyl (C=O) groups is 3. The Morgan fingerprint density at radius 3 is 2.42 bits per heavy atom. The van der Waals surface area contributed by atoms with E-state index in [1.807, 2.05) is 42.5 Å². The molecule has 2 aromatic carbocycles. The number of nitrogens with zero attached hydrogens (tertiary/aromatic N) is 1. The molecule has 3 amide bonds. The maximum Gasteiger partial charge on any atom is 0.251 e. The molecule has 2 saturated heterocycles. The van der Waals surface area contributed by atoms with Crippen molar-refractivity contribution < 1.29 is 28.6 Å². The number of carbonyl (C=O) groups excluding carboxylic acids is 3. The van der Waals surface area contributed by atoms with Crippen LogP contribution in [0.4, 0.5) is 0 Å². The number of rotatable bonds is 7. The molecule has 3 heterocycles. The Kier molecular flexibility index (Phi) is 5.17. The highest BCUT2D eigenvalue weighted by atomic mass is 16.5. The van der Waals surface area contributed by atoms with Crippen LogP contribution in [0.3, 0.4) is 0 Å². The molecule has 0 radical (unpaired) electrons. The number of fused-ring (bicyclic) bond motifs is 5. The van der Waals surface area contributed by atoms with Crippen LogP contribution in [0.1, 0.15) is 15.9 Å². The summed E-state index contributed by atoms with van der Waals surface area (Å²) in [5.74, 6) is -1.10. The molecule has 170 valence electrons. The highest BCUT2D eigenvalue weighted by molar-refractivity contribution is 6.07. The average molecular weight is 448 g/mol. The Labute approximate surface area is 191 Å². The molecule has 0 saturated carbocycles. The zero-order chi connectivity index (χ0) is 23.2. The largest absolute Gasteiger partial charge is 0.497 e. The first kappa shape index (κ1) is 21.2. The van der Waals surface area contributed by atoms with Gasteiger partial charge in [0.15, 0.2) is 0 Å². The van der Waals surface area contributed by atoms with E-state index in [-0.39, 0.29) is 30.8 Å². The lowest BCUT2D eigenvalue weighted by Crippen LogP contribution is -2.48. The second-order valence-electron chi connectivity index (χ2n) is 8.43. The number of nitrogens with one attached hydrogen (secondary N) is 1. The second kappa shape index (κ2) is 8.04. The van der Waals surface area contributed by atoms with Gasteiger partial charge in [0, 0.05) is 11.6 Å². The standard InChI is InChI=1S/C25H24N2O6/c1-31-17-10-16(11-18(12-17)32-2)22(28)26-14-25-9-8-19(33-25)20-21(25)24(30)27(23(20)29)13-15-6-4-3-5-7-15/h3-12,19-21H,13-14H2,1-2H3,(H,26,28)/t19-,20+,21-,25-/m1/s1. The Hall–Kier alpha value is -3.65. The molecule has 0 spiro atoms. The topological polar surface area (TPSA) is 94.2 Å². The van der Waals surface area contributed by atoms with Crippen molar-refractivity contribution in [1.29, 1.82) is 0 Å². The van der Waals surface area contributed by atoms with E-state index in [9.17, 15) is 14.4 Å². The molecule has 0 aliphatic carbocycles. The first-order valence-electron chi connectivity index (χ1n) is 10.7. The quantitative estimate of drug-likeness (QED) is 0.514. The third kappa shape index (κ3) is 3.47. The molecular formula is C25H24N2O6. The molecule has 2 bridgehead atoms. The Morgan fingerprint density at radius 1 is 1.06 bits per heavy atom. The molecule has 2 aromatic rings. The fourth-order valence-corrected chi connectivity index (χ4v) is 4.95. The Bertz CT molecular complexity index is 1120. The van der Waals surface area contributed by atoms with Gasteiger partial charge >= 0.3 is 0 Å². The zero-order valence-corrected chi connectivity index (χ0v) is 18.3. The van der Waals surface area contributed by atoms with Crippen LogP contribution < -0.4 is 14.8 Å². The van der Waals surface area contributed by atoms with Gasteiger partial charge in [0.1, 0.15) is 17.1 Å². The number of benzene rings is 2. The summed E-state index contributed by atoms with van der Waals surface area (Å²) in [6.45, 7) is 0.294. The SMILES string of the molecule is COc1cc(OC)cc(C(=O)NC[C@@]23C=C[C@@H](O2)[C@@H]2C(=O)N(Cc4ccccc4)C(=O)[C@@H]23)c1. The number of hydrogen-bond acceptors (Lipinski definition) is 6. The summed E-state index contributed by atoms with van der Waals surface area (Å²) in [6.07, 6.45) is 3.16. The third-order valence-corrected chi connectivity index (χ3v) is 6.57. The minimum absolute atomic E-state index is 0.0672. The molecule has 4 atom stereocenters. The van der Waals surface area contributed by atoms with Gasteiger partial charge in [0.05, 0.1) is 45.2 Å². The fraction of sp³-hybridized carbons (Fsp3) is 0.320. The summed E-state index contributed by atoms with van der Waals surface area (Å²) in [4.78, 5) is 40.6. The van der Waals surface area contributed by atoms with Gasteiger partial charge in [-0.05, 0) is 17.7 Å². The van der Waals surface area contributed by atoms with Crippen LogP contribution in [0.5, 0.6) is 11.5 Å². The Morgan fingerprint density at radius 2 is 1.76 bits per heavy atom. The lowest BCUT2D eigenvalue weighted by molar-refractivity contribution is -0.144. The smallest absolute Gasteiger partial charge is 0.251 e. The van der Waals surface area contributed by atoms with Crippen molar-refractivity contribution in [3.8, 4) is 11.5 Å². The van der Waals surface area contributed by atoms with Crippen LogP contribution >= 0.6 is 0 Å². The number of hydrogen-bond donors (Lipinski definition) is 1. The van der Waals surface area contributed by atoms with E-state index in [1.165, 1.54) is 19.1 Å². The van der Waals surface area contributed by atoms with Gasteiger partial charge in [-0.2, -0.15) is 0 Å². The van der Waals surface area contributed by atoms with Gasteiger partial charge in [-0.25, -0.2) is 0 Å². The zero-order valence-electron chi connectivity index (χ0n) is 18.3. The van der Waals surface area contributed by atoms with Crippen molar-refractivity contribution in [2.75, 3.05) is 20.8 Å². The van der Waals surface area contributed by atoms with Crippen LogP contribution in [0.25, 0.3) is 0 Å². The van der Waals surface area contributed by atoms with E-state index in [2.05, 4.69) is 5.32 Å². The van der Waals surface area contributed by atoms with Crippen molar-refractivity contribution in [2.24, 2.45) is 11.8 Å². The molecule has 5 rings (SSSR count). The lowest BCUT2D eigenvalue weighted by Gasteiger charge is -2.29. The normalized spacial score (nSPS) is 27.1. The van der Waals surface area contributed by atoms with Crippen LogP contribution in [0.15, 0.2) is 60.7 Å². The highest BCUT2D eigenvalue weighted by Gasteiger charge is 2.67. The van der Waals surface area contributed by atoms with Crippen LogP contribution in [-0.4, -0.2) is 55.1 Å². The first-order chi connectivity index (χ1) is 16.0. The summed E-state index contributed by atoms with van der Waals surface area (Å²) in [5, 5.41) is 2.87. The molecule has 0 unspecified atom stereocenters. The lowest BCUT2D eigenvalue weighted by atomic mass is 9.77. The minimum Gasteiger partial charge on any atom is -0.497 e. The van der Waals surface area contributed by atoms with Crippen molar-refractivity contribution in [2.45, 2.75) is 18.2 Å². The fourth-order valence-electron chi connectivity index (χ4n) is 4.95. The summed E-state index contributed by atoms with van der Waals surface area (Å²) in [5.41, 5.74) is 0.191. The monoisotopic (exact) mass is 448 g/mol. The van der Waals surface area contributed by atoms with E-state index in [4.69, 9.17) is 14.2 Å². The van der Waals surface area contributed by atoms with Gasteiger partial charge in [-0.1, -0.05) is 42.5 Å². The molecule has 8 nitrogen and oxygen atoms in total. The van der Waals surface area contributed by atoms with Gasteiger partial charge in [0.2, 0.25) is 11.8 Å². The van der Waals surface area contributed by atoms with Crippen LogP contribution in [0.2, 0.25) is 0 Å². The van der Waals surface area contributed by atoms with Gasteiger partial charge in [0.25, 0.3) is 5.91 Å². The average Bonchev–Trinajstić information content (AvgIpc) is 3.49. The maximum absolute atomic E-state index is 13.3. The van der Waals surface area contributed by atoms with Crippen molar-refractivity contribution in [3.05, 3.63) is 71.8 Å². The van der Waals surface area contributed by atoms with E-state index < -0.39 is 23.5 Å². The summed E-state index contributed by atoms with van der Waals surface area (Å²) >= 11 is 0. The van der Waals surface area contributed by atoms with E-state index in [0.717, 1.165) is 5.56 Å². The third-order valence-electron chi connectivity index (χ3n) is 6.57. The molecule has 8 heteroatoms. The minimum atomic E-state index is -1.05. The van der Waals surface area contributed by atoms with Crippen LogP contribution in [-0.2, 0) is 20.9 Å². The van der Waals surface area contributed by atoms with Crippen molar-refractivity contribution in [1.82, 2.24) is 10.2 Å². The van der Waals surface area contributed by atoms with Gasteiger partial charge in [-0.3, -0.25) is 19.3 Å². The van der Waals surface area contributed by atoms with Gasteiger partial charge in [-0.15, -0.1) is 0 Å². The van der Waals surface area contributed by atoms with E-state index >= 15 is 0 Å². The predicted octanol–water partition coefficient (Wildman–Crippen LogP) is 1.94. The molecule has 3 aliphatic rings. The second-order valence-corrected chi connectivity index (χ2v) is 8.43. The number of amides is 3. The molecule has 2 fully saturated rings. The maximum atomic E-state index is 13.3. The molecule has 33 heavy (non-hydrogen) atoms. The summed E-state index contributed by atoms with van der Waals surface area (Å²) < 4.78 is 16.6. The van der Waals surface area contributed by atoms with E-state index in [1.54, 1.807) is 18.2 Å². The van der Waals surface area contributed by atoms with Crippen molar-refractivity contribution in [3.63, 3.8) is 0 Å². The Balaban J connectivity index is 1.34.